The molecule has 1 aromatic rings. The van der Waals surface area contributed by atoms with E-state index in [9.17, 15) is 24.4 Å². The van der Waals surface area contributed by atoms with Gasteiger partial charge in [0, 0.05) is 25.2 Å². The Bertz CT molecular complexity index is 506. The number of halogens is 1. The lowest BCUT2D eigenvalue weighted by Crippen LogP contribution is -2.30. The van der Waals surface area contributed by atoms with Crippen LogP contribution in [0, 0.1) is 15.9 Å². The molecular weight excluding hydrogens is 243 g/mol. The van der Waals surface area contributed by atoms with Gasteiger partial charge in [-0.2, -0.15) is 0 Å². The van der Waals surface area contributed by atoms with Crippen LogP contribution in [0.15, 0.2) is 18.2 Å². The Kier molecular flexibility index (Phi) is 3.24. The molecule has 1 saturated heterocycles. The van der Waals surface area contributed by atoms with E-state index in [1.165, 1.54) is 4.90 Å². The van der Waals surface area contributed by atoms with Crippen LogP contribution in [-0.4, -0.2) is 40.0 Å². The fraction of sp³-hybridized carbons (Fsp3) is 0.364. The molecule has 1 aliphatic heterocycles. The van der Waals surface area contributed by atoms with Crippen LogP contribution >= 0.6 is 0 Å². The van der Waals surface area contributed by atoms with Gasteiger partial charge in [-0.1, -0.05) is 0 Å². The zero-order valence-corrected chi connectivity index (χ0v) is 9.38. The third kappa shape index (κ3) is 2.30. The van der Waals surface area contributed by atoms with Gasteiger partial charge < -0.3 is 10.0 Å². The molecule has 1 heterocycles. The summed E-state index contributed by atoms with van der Waals surface area (Å²) < 4.78 is 13.5. The van der Waals surface area contributed by atoms with Crippen LogP contribution in [0.2, 0.25) is 0 Å². The molecule has 1 aromatic carbocycles. The fourth-order valence-electron chi connectivity index (χ4n) is 1.89. The first kappa shape index (κ1) is 12.4. The molecule has 0 saturated carbocycles. The van der Waals surface area contributed by atoms with Gasteiger partial charge in [-0.25, -0.2) is 4.39 Å². The first-order valence-electron chi connectivity index (χ1n) is 5.40. The van der Waals surface area contributed by atoms with Crippen molar-refractivity contribution in [3.05, 3.63) is 39.7 Å². The Morgan fingerprint density at radius 1 is 1.56 bits per heavy atom. The van der Waals surface area contributed by atoms with Crippen molar-refractivity contribution in [1.29, 1.82) is 0 Å². The van der Waals surface area contributed by atoms with Crippen molar-refractivity contribution in [1.82, 2.24) is 4.90 Å². The number of nitrogens with zero attached hydrogens (tertiary/aromatic N) is 2. The highest BCUT2D eigenvalue weighted by atomic mass is 19.1. The number of non-ortho nitro benzene ring substituents is 1. The van der Waals surface area contributed by atoms with Gasteiger partial charge in [0.05, 0.1) is 16.6 Å². The Hall–Kier alpha value is -2.02. The second kappa shape index (κ2) is 4.69. The number of aliphatic hydroxyl groups is 1. The third-order valence-electron chi connectivity index (χ3n) is 2.84. The fourth-order valence-corrected chi connectivity index (χ4v) is 1.89. The van der Waals surface area contributed by atoms with Gasteiger partial charge in [0.2, 0.25) is 0 Å². The van der Waals surface area contributed by atoms with Gasteiger partial charge in [-0.3, -0.25) is 14.9 Å². The van der Waals surface area contributed by atoms with E-state index in [1.807, 2.05) is 0 Å². The summed E-state index contributed by atoms with van der Waals surface area (Å²) in [6.45, 7) is 0.448. The number of likely N-dealkylation sites (tertiary alicyclic amines) is 1. The molecule has 2 rings (SSSR count). The van der Waals surface area contributed by atoms with E-state index < -0.39 is 22.8 Å². The number of rotatable bonds is 2. The number of nitro groups is 1. The minimum absolute atomic E-state index is 0.126. The summed E-state index contributed by atoms with van der Waals surface area (Å²) >= 11 is 0. The molecule has 1 aliphatic rings. The van der Waals surface area contributed by atoms with Gasteiger partial charge in [-0.05, 0) is 12.5 Å². The predicted molar refractivity (Wildman–Crippen MR) is 59.6 cm³/mol. The third-order valence-corrected chi connectivity index (χ3v) is 2.84. The molecule has 18 heavy (non-hydrogen) atoms. The van der Waals surface area contributed by atoms with Crippen LogP contribution < -0.4 is 0 Å². The molecule has 0 aromatic heterocycles. The number of amides is 1. The van der Waals surface area contributed by atoms with Crippen LogP contribution in [0.25, 0.3) is 0 Å². The minimum Gasteiger partial charge on any atom is -0.391 e. The van der Waals surface area contributed by atoms with Crippen LogP contribution in [0.5, 0.6) is 0 Å². The number of β-amino-alcohol motifs (C(OH)–C–C–N with tert-alkyl or cyclic N) is 1. The summed E-state index contributed by atoms with van der Waals surface area (Å²) in [7, 11) is 0. The van der Waals surface area contributed by atoms with E-state index in [-0.39, 0.29) is 17.8 Å². The lowest BCUT2D eigenvalue weighted by molar-refractivity contribution is -0.384. The van der Waals surface area contributed by atoms with E-state index in [1.54, 1.807) is 0 Å². The van der Waals surface area contributed by atoms with Crippen molar-refractivity contribution in [3.8, 4) is 0 Å². The SMILES string of the molecule is O=C(c1cc([N+](=O)[O-])ccc1F)N1CC[C@@H](O)C1. The second-order valence-electron chi connectivity index (χ2n) is 4.11. The Morgan fingerprint density at radius 3 is 2.83 bits per heavy atom. The molecule has 1 fully saturated rings. The smallest absolute Gasteiger partial charge is 0.270 e. The van der Waals surface area contributed by atoms with Crippen LogP contribution in [-0.2, 0) is 0 Å². The molecule has 6 nitrogen and oxygen atoms in total. The van der Waals surface area contributed by atoms with E-state index in [0.717, 1.165) is 18.2 Å². The van der Waals surface area contributed by atoms with Crippen molar-refractivity contribution in [2.45, 2.75) is 12.5 Å². The molecule has 0 bridgehead atoms. The predicted octanol–water partition coefficient (Wildman–Crippen LogP) is 0.941. The number of hydrogen-bond donors (Lipinski definition) is 1. The maximum Gasteiger partial charge on any atom is 0.270 e. The second-order valence-corrected chi connectivity index (χ2v) is 4.11. The van der Waals surface area contributed by atoms with Gasteiger partial charge >= 0.3 is 0 Å². The topological polar surface area (TPSA) is 83.7 Å². The zero-order valence-electron chi connectivity index (χ0n) is 9.38. The highest BCUT2D eigenvalue weighted by Gasteiger charge is 2.28. The average Bonchev–Trinajstić information content (AvgIpc) is 2.75. The molecule has 0 radical (unpaired) electrons. The Morgan fingerprint density at radius 2 is 2.28 bits per heavy atom. The molecule has 1 atom stereocenters. The van der Waals surface area contributed by atoms with Gasteiger partial charge in [0.25, 0.3) is 11.6 Å². The van der Waals surface area contributed by atoms with Gasteiger partial charge in [0.15, 0.2) is 0 Å². The van der Waals surface area contributed by atoms with Crippen molar-refractivity contribution in [2.24, 2.45) is 0 Å². The summed E-state index contributed by atoms with van der Waals surface area (Å²) in [6.07, 6.45) is -0.182. The zero-order chi connectivity index (χ0) is 13.3. The molecule has 1 N–H and O–H groups in total. The van der Waals surface area contributed by atoms with Crippen molar-refractivity contribution < 1.29 is 19.2 Å². The quantitative estimate of drug-likeness (QED) is 0.628. The number of benzene rings is 1. The summed E-state index contributed by atoms with van der Waals surface area (Å²) in [4.78, 5) is 23.1. The highest BCUT2D eigenvalue weighted by molar-refractivity contribution is 5.95. The van der Waals surface area contributed by atoms with E-state index >= 15 is 0 Å². The number of carbonyl (C=O) groups is 1. The number of nitro benzene ring substituents is 1. The number of carbonyl (C=O) groups excluding carboxylic acids is 1. The first-order chi connectivity index (χ1) is 8.49. The molecule has 1 amide bonds. The highest BCUT2D eigenvalue weighted by Crippen LogP contribution is 2.20. The average molecular weight is 254 g/mol. The molecule has 7 heteroatoms. The van der Waals surface area contributed by atoms with E-state index in [2.05, 4.69) is 0 Å². The molecule has 0 spiro atoms. The number of aliphatic hydroxyl groups excluding tert-OH is 1. The number of hydrogen-bond acceptors (Lipinski definition) is 4. The minimum atomic E-state index is -0.799. The molecular formula is C11H11FN2O4. The lowest BCUT2D eigenvalue weighted by Gasteiger charge is -2.15. The van der Waals surface area contributed by atoms with Crippen molar-refractivity contribution in [3.63, 3.8) is 0 Å². The van der Waals surface area contributed by atoms with Crippen molar-refractivity contribution >= 4 is 11.6 Å². The first-order valence-corrected chi connectivity index (χ1v) is 5.40. The summed E-state index contributed by atoms with van der Waals surface area (Å²) in [5.74, 6) is -1.43. The van der Waals surface area contributed by atoms with Crippen molar-refractivity contribution in [2.75, 3.05) is 13.1 Å². The summed E-state index contributed by atoms with van der Waals surface area (Å²) in [6, 6.07) is 2.82. The van der Waals surface area contributed by atoms with Crippen LogP contribution in [0.1, 0.15) is 16.8 Å². The van der Waals surface area contributed by atoms with E-state index in [0.29, 0.717) is 13.0 Å². The standard InChI is InChI=1S/C11H11FN2O4/c12-10-2-1-7(14(17)18)5-9(10)11(16)13-4-3-8(15)6-13/h1-2,5,8,15H,3-4,6H2/t8-/m1/s1. The molecule has 0 unspecified atom stereocenters. The van der Waals surface area contributed by atoms with Gasteiger partial charge in [-0.15, -0.1) is 0 Å². The summed E-state index contributed by atoms with van der Waals surface area (Å²) in [5, 5.41) is 19.9. The monoisotopic (exact) mass is 254 g/mol. The van der Waals surface area contributed by atoms with E-state index in [4.69, 9.17) is 0 Å². The van der Waals surface area contributed by atoms with Crippen LogP contribution in [0.3, 0.4) is 0 Å². The maximum absolute atomic E-state index is 13.5. The Labute approximate surface area is 102 Å². The summed E-state index contributed by atoms with van der Waals surface area (Å²) in [5.41, 5.74) is -0.669. The Balaban J connectivity index is 2.29. The molecule has 96 valence electrons. The normalized spacial score (nSPS) is 19.0. The van der Waals surface area contributed by atoms with Gasteiger partial charge in [0.1, 0.15) is 5.82 Å². The lowest BCUT2D eigenvalue weighted by atomic mass is 10.1. The largest absolute Gasteiger partial charge is 0.391 e. The van der Waals surface area contributed by atoms with Crippen LogP contribution in [0.4, 0.5) is 10.1 Å². The molecule has 0 aliphatic carbocycles. The maximum atomic E-state index is 13.5.